The lowest BCUT2D eigenvalue weighted by atomic mass is 10.0. The van der Waals surface area contributed by atoms with E-state index in [-0.39, 0.29) is 25.2 Å². The molecule has 0 bridgehead atoms. The van der Waals surface area contributed by atoms with Crippen molar-refractivity contribution in [2.45, 2.75) is 200 Å². The van der Waals surface area contributed by atoms with Crippen molar-refractivity contribution in [2.24, 2.45) is 0 Å². The molecule has 0 unspecified atom stereocenters. The van der Waals surface area contributed by atoms with Crippen LogP contribution >= 0.6 is 0 Å². The van der Waals surface area contributed by atoms with Crippen molar-refractivity contribution >= 4 is 11.9 Å². The zero-order chi connectivity index (χ0) is 30.8. The predicted molar refractivity (Wildman–Crippen MR) is 178 cm³/mol. The highest BCUT2D eigenvalue weighted by atomic mass is 16.6. The van der Waals surface area contributed by atoms with Gasteiger partial charge in [0.15, 0.2) is 6.10 Å². The molecule has 42 heavy (non-hydrogen) atoms. The second kappa shape index (κ2) is 34.1. The Morgan fingerprint density at radius 2 is 0.905 bits per heavy atom. The fraction of sp³-hybridized carbons (Fsp3) is 0.892. The van der Waals surface area contributed by atoms with E-state index in [1.807, 2.05) is 0 Å². The Bertz CT molecular complexity index is 603. The highest BCUT2D eigenvalue weighted by Gasteiger charge is 2.16. The van der Waals surface area contributed by atoms with E-state index in [1.54, 1.807) is 0 Å². The molecule has 0 saturated heterocycles. The zero-order valence-electron chi connectivity index (χ0n) is 28.0. The molecule has 0 aliphatic rings. The monoisotopic (exact) mass is 595 g/mol. The summed E-state index contributed by atoms with van der Waals surface area (Å²) in [5.74, 6) is -0.595. The molecular weight excluding hydrogens is 524 g/mol. The third kappa shape index (κ3) is 31.6. The van der Waals surface area contributed by atoms with E-state index in [0.29, 0.717) is 12.8 Å². The molecule has 0 aromatic carbocycles. The minimum atomic E-state index is -0.766. The molecule has 1 N–H and O–H groups in total. The number of hydrogen-bond acceptors (Lipinski definition) is 5. The first kappa shape index (κ1) is 40.6. The van der Waals surface area contributed by atoms with Crippen LogP contribution in [0, 0.1) is 0 Å². The standard InChI is InChI=1S/C37H70O5/c1-3-5-7-9-11-13-15-16-17-18-19-20-22-24-26-28-30-32-37(40)42-35(33-38)34-41-36(39)31-29-27-25-23-21-14-12-10-8-6-4-2/h10,12,35,38H,3-9,11,13-34H2,1-2H3/b12-10-/t35-/m0/s1. The molecule has 0 fully saturated rings. The van der Waals surface area contributed by atoms with Gasteiger partial charge in [0.25, 0.3) is 0 Å². The first-order valence-corrected chi connectivity index (χ1v) is 18.2. The number of unbranched alkanes of at least 4 members (excludes halogenated alkanes) is 23. The molecule has 0 rings (SSSR count). The normalized spacial score (nSPS) is 12.2. The number of aliphatic hydroxyl groups is 1. The Hall–Kier alpha value is -1.36. The van der Waals surface area contributed by atoms with Gasteiger partial charge in [0.2, 0.25) is 0 Å². The Kier molecular flexibility index (Phi) is 33.0. The maximum atomic E-state index is 12.1. The lowest BCUT2D eigenvalue weighted by Gasteiger charge is -2.15. The Morgan fingerprint density at radius 1 is 0.524 bits per heavy atom. The maximum absolute atomic E-state index is 12.1. The summed E-state index contributed by atoms with van der Waals surface area (Å²) < 4.78 is 10.6. The number of esters is 2. The van der Waals surface area contributed by atoms with Crippen LogP contribution in [0.15, 0.2) is 12.2 Å². The van der Waals surface area contributed by atoms with Crippen LogP contribution in [-0.4, -0.2) is 36.4 Å². The van der Waals surface area contributed by atoms with E-state index in [1.165, 1.54) is 122 Å². The molecule has 1 atom stereocenters. The van der Waals surface area contributed by atoms with Crippen molar-refractivity contribution in [3.63, 3.8) is 0 Å². The SMILES string of the molecule is CCCC/C=C\CCCCCCCC(=O)OC[C@H](CO)OC(=O)CCCCCCCCCCCCCCCCCCC. The molecule has 0 aromatic heterocycles. The lowest BCUT2D eigenvalue weighted by Crippen LogP contribution is -2.28. The van der Waals surface area contributed by atoms with Gasteiger partial charge < -0.3 is 14.6 Å². The Balaban J connectivity index is 3.52. The second-order valence-electron chi connectivity index (χ2n) is 12.3. The zero-order valence-corrected chi connectivity index (χ0v) is 28.0. The summed E-state index contributed by atoms with van der Waals surface area (Å²) in [5, 5.41) is 9.51. The number of allylic oxidation sites excluding steroid dienone is 2. The van der Waals surface area contributed by atoms with Crippen LogP contribution in [0.3, 0.4) is 0 Å². The third-order valence-electron chi connectivity index (χ3n) is 8.06. The van der Waals surface area contributed by atoms with Gasteiger partial charge >= 0.3 is 11.9 Å². The van der Waals surface area contributed by atoms with Gasteiger partial charge in [0.05, 0.1) is 6.61 Å². The molecule has 0 radical (unpaired) electrons. The van der Waals surface area contributed by atoms with Gasteiger partial charge in [-0.2, -0.15) is 0 Å². The second-order valence-corrected chi connectivity index (χ2v) is 12.3. The van der Waals surface area contributed by atoms with Gasteiger partial charge in [-0.3, -0.25) is 9.59 Å². The molecule has 0 spiro atoms. The summed E-state index contributed by atoms with van der Waals surface area (Å²) in [4.78, 5) is 24.1. The van der Waals surface area contributed by atoms with E-state index in [4.69, 9.17) is 9.47 Å². The largest absolute Gasteiger partial charge is 0.462 e. The highest BCUT2D eigenvalue weighted by Crippen LogP contribution is 2.15. The number of ether oxygens (including phenoxy) is 2. The molecular formula is C37H70O5. The average Bonchev–Trinajstić information content (AvgIpc) is 2.99. The summed E-state index contributed by atoms with van der Waals surface area (Å²) in [7, 11) is 0. The first-order chi connectivity index (χ1) is 20.6. The summed E-state index contributed by atoms with van der Waals surface area (Å²) in [5.41, 5.74) is 0. The van der Waals surface area contributed by atoms with Gasteiger partial charge in [-0.05, 0) is 32.1 Å². The highest BCUT2D eigenvalue weighted by molar-refractivity contribution is 5.70. The number of rotatable bonds is 33. The average molecular weight is 595 g/mol. The summed E-state index contributed by atoms with van der Waals surface area (Å²) >= 11 is 0. The topological polar surface area (TPSA) is 72.8 Å². The van der Waals surface area contributed by atoms with Gasteiger partial charge in [-0.1, -0.05) is 161 Å². The van der Waals surface area contributed by atoms with Crippen LogP contribution < -0.4 is 0 Å². The quantitative estimate of drug-likeness (QED) is 0.0465. The molecule has 0 amide bonds. The van der Waals surface area contributed by atoms with Crippen LogP contribution in [-0.2, 0) is 19.1 Å². The van der Waals surface area contributed by atoms with E-state index < -0.39 is 6.10 Å². The summed E-state index contributed by atoms with van der Waals surface area (Å²) in [6.07, 6.45) is 37.0. The summed E-state index contributed by atoms with van der Waals surface area (Å²) in [6.45, 7) is 4.10. The molecule has 5 heteroatoms. The first-order valence-electron chi connectivity index (χ1n) is 18.2. The van der Waals surface area contributed by atoms with E-state index in [9.17, 15) is 14.7 Å². The molecule has 5 nitrogen and oxygen atoms in total. The maximum Gasteiger partial charge on any atom is 0.306 e. The van der Waals surface area contributed by atoms with Gasteiger partial charge in [0, 0.05) is 12.8 Å². The third-order valence-corrected chi connectivity index (χ3v) is 8.06. The van der Waals surface area contributed by atoms with Crippen molar-refractivity contribution in [2.75, 3.05) is 13.2 Å². The van der Waals surface area contributed by atoms with Crippen LogP contribution in [0.2, 0.25) is 0 Å². The van der Waals surface area contributed by atoms with Gasteiger partial charge in [-0.15, -0.1) is 0 Å². The molecule has 0 saturated carbocycles. The number of carbonyl (C=O) groups is 2. The number of aliphatic hydroxyl groups excluding tert-OH is 1. The van der Waals surface area contributed by atoms with E-state index >= 15 is 0 Å². The van der Waals surface area contributed by atoms with E-state index in [0.717, 1.165) is 44.9 Å². The molecule has 0 aromatic rings. The van der Waals surface area contributed by atoms with Crippen molar-refractivity contribution in [1.29, 1.82) is 0 Å². The minimum Gasteiger partial charge on any atom is -0.462 e. The number of hydrogen-bond donors (Lipinski definition) is 1. The predicted octanol–water partition coefficient (Wildman–Crippen LogP) is 11.0. The molecule has 0 aliphatic heterocycles. The van der Waals surface area contributed by atoms with Crippen molar-refractivity contribution < 1.29 is 24.2 Å². The molecule has 0 heterocycles. The van der Waals surface area contributed by atoms with Crippen molar-refractivity contribution in [3.05, 3.63) is 12.2 Å². The Labute approximate surface area is 261 Å². The van der Waals surface area contributed by atoms with E-state index in [2.05, 4.69) is 26.0 Å². The number of carbonyl (C=O) groups excluding carboxylic acids is 2. The minimum absolute atomic E-state index is 0.0650. The van der Waals surface area contributed by atoms with Gasteiger partial charge in [-0.25, -0.2) is 0 Å². The van der Waals surface area contributed by atoms with Crippen molar-refractivity contribution in [1.82, 2.24) is 0 Å². The lowest BCUT2D eigenvalue weighted by molar-refractivity contribution is -0.161. The summed E-state index contributed by atoms with van der Waals surface area (Å²) in [6, 6.07) is 0. The van der Waals surface area contributed by atoms with Gasteiger partial charge in [0.1, 0.15) is 6.61 Å². The van der Waals surface area contributed by atoms with Crippen molar-refractivity contribution in [3.8, 4) is 0 Å². The molecule has 248 valence electrons. The van der Waals surface area contributed by atoms with Crippen LogP contribution in [0.4, 0.5) is 0 Å². The Morgan fingerprint density at radius 3 is 1.36 bits per heavy atom. The fourth-order valence-electron chi connectivity index (χ4n) is 5.24. The smallest absolute Gasteiger partial charge is 0.306 e. The molecule has 0 aliphatic carbocycles. The van der Waals surface area contributed by atoms with Crippen LogP contribution in [0.5, 0.6) is 0 Å². The van der Waals surface area contributed by atoms with Crippen LogP contribution in [0.25, 0.3) is 0 Å². The fourth-order valence-corrected chi connectivity index (χ4v) is 5.24. The van der Waals surface area contributed by atoms with Crippen LogP contribution in [0.1, 0.15) is 194 Å².